The van der Waals surface area contributed by atoms with Crippen LogP contribution in [0.1, 0.15) is 49.1 Å². The number of benzene rings is 2. The molecule has 1 atom stereocenters. The van der Waals surface area contributed by atoms with Crippen molar-refractivity contribution in [2.24, 2.45) is 5.41 Å². The number of alkyl halides is 3. The highest BCUT2D eigenvalue weighted by molar-refractivity contribution is 6.06. The number of piperidine rings is 1. The summed E-state index contributed by atoms with van der Waals surface area (Å²) in [4.78, 5) is 31.0. The maximum Gasteiger partial charge on any atom is 0.422 e. The van der Waals surface area contributed by atoms with Crippen LogP contribution in [0.25, 0.3) is 32.9 Å². The number of nitrogens with zero attached hydrogens (tertiary/aromatic N) is 7. The molecule has 14 heteroatoms. The predicted octanol–water partition coefficient (Wildman–Crippen LogP) is 5.17. The number of aliphatic hydroxyl groups excluding tert-OH is 1. The number of nitrogens with one attached hydrogen (secondary N) is 1. The summed E-state index contributed by atoms with van der Waals surface area (Å²) in [5, 5.41) is 19.0. The van der Waals surface area contributed by atoms with Crippen molar-refractivity contribution in [1.82, 2.24) is 30.0 Å². The molecule has 0 radical (unpaired) electrons. The zero-order valence-electron chi connectivity index (χ0n) is 29.3. The Morgan fingerprint density at radius 1 is 1.06 bits per heavy atom. The van der Waals surface area contributed by atoms with E-state index in [1.54, 1.807) is 6.20 Å². The molecule has 1 saturated carbocycles. The number of aryl methyl sites for hydroxylation is 1. The van der Waals surface area contributed by atoms with Crippen molar-refractivity contribution in [1.29, 1.82) is 0 Å². The van der Waals surface area contributed by atoms with Crippen LogP contribution in [-0.4, -0.2) is 118 Å². The molecule has 2 aromatic heterocycles. The molecule has 9 rings (SSSR count). The standard InChI is InChI=1S/C38H43F3N8O3/c1-3-30(51)49-19-37(20-49)9-12-46(13-10-37)35-27-14-26(23-5-6-23)32(31-22(2)4-7-29-28(31)15-42-45-29)34(52-21-38(39,40)41)33(27)43-36(44-35)48-16-24(17-48)47-11-8-25(50)18-47/h3-4,7,14-15,23-25,50H,1,5-6,8-13,16-21H2,2H3,(H,42,45)/t25-/m0/s1. The van der Waals surface area contributed by atoms with Crippen LogP contribution in [0, 0.1) is 12.3 Å². The molecule has 11 nitrogen and oxygen atoms in total. The molecular formula is C38H43F3N8O3. The molecule has 0 bridgehead atoms. The maximum absolute atomic E-state index is 14.1. The lowest BCUT2D eigenvalue weighted by molar-refractivity contribution is -0.153. The van der Waals surface area contributed by atoms with Crippen LogP contribution >= 0.6 is 0 Å². The van der Waals surface area contributed by atoms with E-state index in [1.807, 2.05) is 24.0 Å². The number of aliphatic hydroxyl groups is 1. The second-order valence-corrected chi connectivity index (χ2v) is 15.6. The summed E-state index contributed by atoms with van der Waals surface area (Å²) in [7, 11) is 0. The number of rotatable bonds is 8. The second kappa shape index (κ2) is 12.3. The first-order chi connectivity index (χ1) is 25.0. The summed E-state index contributed by atoms with van der Waals surface area (Å²) < 4.78 is 48.1. The van der Waals surface area contributed by atoms with Gasteiger partial charge in [0.1, 0.15) is 11.3 Å². The topological polar surface area (TPSA) is 114 Å². The number of hydrogen-bond acceptors (Lipinski definition) is 9. The van der Waals surface area contributed by atoms with E-state index in [4.69, 9.17) is 14.7 Å². The molecule has 6 heterocycles. The predicted molar refractivity (Wildman–Crippen MR) is 192 cm³/mol. The van der Waals surface area contributed by atoms with Crippen LogP contribution in [0.4, 0.5) is 24.9 Å². The van der Waals surface area contributed by atoms with E-state index in [0.29, 0.717) is 74.0 Å². The number of β-amino-alcohol motifs (C(OH)–C–C–N with tert-alkyl or cyclic N) is 1. The van der Waals surface area contributed by atoms with Crippen molar-refractivity contribution in [3.05, 3.63) is 48.2 Å². The molecule has 4 aromatic rings. The summed E-state index contributed by atoms with van der Waals surface area (Å²) >= 11 is 0. The first-order valence-electron chi connectivity index (χ1n) is 18.3. The molecular weight excluding hydrogens is 673 g/mol. The van der Waals surface area contributed by atoms with Gasteiger partial charge in [-0.05, 0) is 79.8 Å². The summed E-state index contributed by atoms with van der Waals surface area (Å²) in [5.74, 6) is 1.42. The summed E-state index contributed by atoms with van der Waals surface area (Å²) in [5.41, 5.74) is 4.50. The maximum atomic E-state index is 14.1. The number of aromatic amines is 1. The van der Waals surface area contributed by atoms with E-state index < -0.39 is 12.8 Å². The Morgan fingerprint density at radius 2 is 1.83 bits per heavy atom. The average molecular weight is 717 g/mol. The molecule has 1 aliphatic carbocycles. The lowest BCUT2D eigenvalue weighted by atomic mass is 9.72. The zero-order chi connectivity index (χ0) is 35.9. The van der Waals surface area contributed by atoms with Crippen molar-refractivity contribution >= 4 is 39.5 Å². The smallest absolute Gasteiger partial charge is 0.422 e. The largest absolute Gasteiger partial charge is 0.481 e. The Balaban J connectivity index is 1.18. The number of anilines is 2. The number of ether oxygens (including phenoxy) is 1. The van der Waals surface area contributed by atoms with Crippen LogP contribution in [0.15, 0.2) is 37.1 Å². The minimum Gasteiger partial charge on any atom is -0.481 e. The van der Waals surface area contributed by atoms with Gasteiger partial charge < -0.3 is 24.5 Å². The van der Waals surface area contributed by atoms with E-state index in [2.05, 4.69) is 37.5 Å². The van der Waals surface area contributed by atoms with E-state index in [1.165, 1.54) is 6.08 Å². The number of H-pyrrole nitrogens is 1. The highest BCUT2D eigenvalue weighted by Gasteiger charge is 2.47. The van der Waals surface area contributed by atoms with Crippen molar-refractivity contribution in [2.75, 3.05) is 68.8 Å². The van der Waals surface area contributed by atoms with Gasteiger partial charge in [0.15, 0.2) is 12.4 Å². The first kappa shape index (κ1) is 33.4. The number of carbonyl (C=O) groups excluding carboxylic acids is 1. The lowest BCUT2D eigenvalue weighted by Gasteiger charge is -2.54. The second-order valence-electron chi connectivity index (χ2n) is 15.6. The molecule has 52 heavy (non-hydrogen) atoms. The third-order valence-electron chi connectivity index (χ3n) is 11.9. The summed E-state index contributed by atoms with van der Waals surface area (Å²) in [6, 6.07) is 6.25. The fourth-order valence-electron chi connectivity index (χ4n) is 8.85. The van der Waals surface area contributed by atoms with Crippen LogP contribution < -0.4 is 14.5 Å². The third-order valence-corrected chi connectivity index (χ3v) is 11.9. The molecule has 4 saturated heterocycles. The van der Waals surface area contributed by atoms with Crippen molar-refractivity contribution in [3.8, 4) is 16.9 Å². The Hall–Kier alpha value is -4.43. The number of fused-ring (bicyclic) bond motifs is 2. The van der Waals surface area contributed by atoms with Gasteiger partial charge >= 0.3 is 6.18 Å². The highest BCUT2D eigenvalue weighted by Crippen LogP contribution is 2.53. The quantitative estimate of drug-likeness (QED) is 0.239. The number of halogens is 3. The molecule has 1 spiro atoms. The Kier molecular flexibility index (Phi) is 7.92. The van der Waals surface area contributed by atoms with Gasteiger partial charge in [-0.2, -0.15) is 23.3 Å². The lowest BCUT2D eigenvalue weighted by Crippen LogP contribution is -2.61. The van der Waals surface area contributed by atoms with Crippen LogP contribution in [0.2, 0.25) is 0 Å². The zero-order valence-corrected chi connectivity index (χ0v) is 29.3. The van der Waals surface area contributed by atoms with Gasteiger partial charge in [-0.15, -0.1) is 0 Å². The number of hydrogen-bond donors (Lipinski definition) is 2. The van der Waals surface area contributed by atoms with Gasteiger partial charge in [0, 0.05) is 80.2 Å². The van der Waals surface area contributed by atoms with Gasteiger partial charge in [0.25, 0.3) is 0 Å². The first-order valence-corrected chi connectivity index (χ1v) is 18.3. The molecule has 2 aromatic carbocycles. The van der Waals surface area contributed by atoms with E-state index in [9.17, 15) is 23.1 Å². The Bertz CT molecular complexity index is 2060. The molecule has 5 aliphatic rings. The van der Waals surface area contributed by atoms with Crippen LogP contribution in [0.5, 0.6) is 5.75 Å². The van der Waals surface area contributed by atoms with E-state index >= 15 is 0 Å². The molecule has 1 amide bonds. The average Bonchev–Trinajstić information content (AvgIpc) is 3.67. The van der Waals surface area contributed by atoms with E-state index in [-0.39, 0.29) is 35.1 Å². The van der Waals surface area contributed by atoms with Crippen molar-refractivity contribution in [2.45, 2.75) is 63.3 Å². The van der Waals surface area contributed by atoms with Crippen molar-refractivity contribution < 1.29 is 27.8 Å². The summed E-state index contributed by atoms with van der Waals surface area (Å²) in [6.45, 7) is 9.73. The van der Waals surface area contributed by atoms with Crippen molar-refractivity contribution in [3.63, 3.8) is 0 Å². The van der Waals surface area contributed by atoms with Gasteiger partial charge in [-0.25, -0.2) is 4.98 Å². The number of likely N-dealkylation sites (tertiary alicyclic amines) is 2. The van der Waals surface area contributed by atoms with Crippen LogP contribution in [-0.2, 0) is 4.79 Å². The molecule has 274 valence electrons. The fraction of sp³-hybridized carbons (Fsp3) is 0.526. The minimum absolute atomic E-state index is 0.0416. The molecule has 5 fully saturated rings. The van der Waals surface area contributed by atoms with Gasteiger partial charge in [0.05, 0.1) is 17.8 Å². The SMILES string of the molecule is C=CC(=O)N1CC2(CCN(c3nc(N4CC(N5CC[C@H](O)C5)C4)nc4c(OCC(F)(F)F)c(-c5c(C)ccc6[nH]ncc56)c(C5CC5)cc34)CC2)C1. The van der Waals surface area contributed by atoms with E-state index in [0.717, 1.165) is 66.2 Å². The number of amides is 1. The monoisotopic (exact) mass is 716 g/mol. The Morgan fingerprint density at radius 3 is 2.50 bits per heavy atom. The Labute approximate surface area is 299 Å². The number of carbonyl (C=O) groups is 1. The van der Waals surface area contributed by atoms with Gasteiger partial charge in [-0.3, -0.25) is 14.8 Å². The highest BCUT2D eigenvalue weighted by atomic mass is 19.4. The normalized spacial score (nSPS) is 22.3. The number of aromatic nitrogens is 4. The van der Waals surface area contributed by atoms with Gasteiger partial charge in [-0.1, -0.05) is 12.6 Å². The molecule has 4 aliphatic heterocycles. The minimum atomic E-state index is -4.57. The van der Waals surface area contributed by atoms with Crippen LogP contribution in [0.3, 0.4) is 0 Å². The summed E-state index contributed by atoms with van der Waals surface area (Å²) in [6.07, 6.45) is 2.54. The van der Waals surface area contributed by atoms with Gasteiger partial charge in [0.2, 0.25) is 11.9 Å². The molecule has 0 unspecified atom stereocenters. The molecule has 2 N–H and O–H groups in total. The fourth-order valence-corrected chi connectivity index (χ4v) is 8.85. The third kappa shape index (κ3) is 5.83.